The first-order valence-electron chi connectivity index (χ1n) is 11.1. The van der Waals surface area contributed by atoms with Crippen molar-refractivity contribution in [2.75, 3.05) is 13.1 Å². The first kappa shape index (κ1) is 19.4. The van der Waals surface area contributed by atoms with Gasteiger partial charge in [-0.3, -0.25) is 9.36 Å². The molecule has 0 unspecified atom stereocenters. The Bertz CT molecular complexity index is 1120. The van der Waals surface area contributed by atoms with Gasteiger partial charge in [0.1, 0.15) is 11.6 Å². The van der Waals surface area contributed by atoms with Gasteiger partial charge in [0.25, 0.3) is 5.56 Å². The molecule has 2 fully saturated rings. The molecule has 0 amide bonds. The van der Waals surface area contributed by atoms with Crippen LogP contribution in [0.15, 0.2) is 47.3 Å². The van der Waals surface area contributed by atoms with E-state index >= 15 is 0 Å². The van der Waals surface area contributed by atoms with Crippen LogP contribution in [0.5, 0.6) is 0 Å². The van der Waals surface area contributed by atoms with E-state index in [1.54, 1.807) is 12.1 Å². The van der Waals surface area contributed by atoms with Gasteiger partial charge >= 0.3 is 0 Å². The van der Waals surface area contributed by atoms with Crippen LogP contribution in [0, 0.1) is 18.7 Å². The van der Waals surface area contributed by atoms with E-state index in [9.17, 15) is 9.18 Å². The Morgan fingerprint density at radius 2 is 1.80 bits per heavy atom. The van der Waals surface area contributed by atoms with Crippen LogP contribution in [0.1, 0.15) is 37.9 Å². The summed E-state index contributed by atoms with van der Waals surface area (Å²) in [6.45, 7) is 4.95. The topological polar surface area (TPSA) is 38.1 Å². The summed E-state index contributed by atoms with van der Waals surface area (Å²) in [6.07, 6.45) is 6.40. The Kier molecular flexibility index (Phi) is 5.15. The second kappa shape index (κ2) is 7.95. The molecule has 2 aromatic carbocycles. The lowest BCUT2D eigenvalue weighted by Crippen LogP contribution is -2.47. The van der Waals surface area contributed by atoms with Crippen LogP contribution in [-0.4, -0.2) is 33.6 Å². The first-order valence-corrected chi connectivity index (χ1v) is 11.1. The summed E-state index contributed by atoms with van der Waals surface area (Å²) in [5.74, 6) is 1.01. The number of piperidine rings is 1. The molecule has 156 valence electrons. The minimum atomic E-state index is -0.261. The summed E-state index contributed by atoms with van der Waals surface area (Å²) in [7, 11) is 0. The summed E-state index contributed by atoms with van der Waals surface area (Å²) >= 11 is 0. The second-order valence-electron chi connectivity index (χ2n) is 8.90. The number of rotatable bonds is 4. The largest absolute Gasteiger partial charge is 0.300 e. The van der Waals surface area contributed by atoms with Crippen molar-refractivity contribution >= 4 is 10.9 Å². The highest BCUT2D eigenvalue weighted by Gasteiger charge is 2.30. The summed E-state index contributed by atoms with van der Waals surface area (Å²) in [5.41, 5.74) is 2.56. The van der Waals surface area contributed by atoms with Crippen molar-refractivity contribution < 1.29 is 4.39 Å². The smallest absolute Gasteiger partial charge is 0.261 e. The third kappa shape index (κ3) is 3.67. The molecule has 4 nitrogen and oxygen atoms in total. The normalized spacial score (nSPS) is 20.4. The maximum atomic E-state index is 13.4. The molecule has 0 N–H and O–H groups in total. The van der Waals surface area contributed by atoms with Crippen LogP contribution >= 0.6 is 0 Å². The Morgan fingerprint density at radius 3 is 2.53 bits per heavy atom. The average molecular weight is 406 g/mol. The number of halogens is 1. The number of likely N-dealkylation sites (tertiary alicyclic amines) is 1. The van der Waals surface area contributed by atoms with E-state index in [1.807, 2.05) is 29.7 Å². The fourth-order valence-electron chi connectivity index (χ4n) is 4.96. The number of hydrogen-bond donors (Lipinski definition) is 0. The van der Waals surface area contributed by atoms with Gasteiger partial charge in [0.2, 0.25) is 0 Å². The third-order valence-electron chi connectivity index (χ3n) is 6.90. The highest BCUT2D eigenvalue weighted by Crippen LogP contribution is 2.30. The number of benzene rings is 2. The third-order valence-corrected chi connectivity index (χ3v) is 6.90. The molecule has 1 aliphatic heterocycles. The zero-order chi connectivity index (χ0) is 20.7. The van der Waals surface area contributed by atoms with Gasteiger partial charge in [-0.2, -0.15) is 0 Å². The van der Waals surface area contributed by atoms with Crippen molar-refractivity contribution in [1.82, 2.24) is 14.5 Å². The highest BCUT2D eigenvalue weighted by molar-refractivity contribution is 5.83. The number of nitrogens with zero attached hydrogens (tertiary/aromatic N) is 3. The Hall–Kier alpha value is -2.53. The summed E-state index contributed by atoms with van der Waals surface area (Å²) in [4.78, 5) is 20.8. The number of aryl methyl sites for hydroxylation is 1. The maximum absolute atomic E-state index is 13.4. The lowest BCUT2D eigenvalue weighted by atomic mass is 9.88. The summed E-state index contributed by atoms with van der Waals surface area (Å²) < 4.78 is 15.1. The molecule has 5 rings (SSSR count). The molecule has 0 radical (unpaired) electrons. The molecule has 1 atom stereocenters. The minimum absolute atomic E-state index is 0.0298. The van der Waals surface area contributed by atoms with Crippen LogP contribution in [0.4, 0.5) is 4.39 Å². The van der Waals surface area contributed by atoms with Crippen LogP contribution in [0.2, 0.25) is 0 Å². The molecule has 1 saturated heterocycles. The van der Waals surface area contributed by atoms with E-state index in [1.165, 1.54) is 50.8 Å². The van der Waals surface area contributed by atoms with Crippen molar-refractivity contribution in [1.29, 1.82) is 0 Å². The van der Waals surface area contributed by atoms with Crippen LogP contribution in [0.25, 0.3) is 22.0 Å². The van der Waals surface area contributed by atoms with Crippen LogP contribution in [-0.2, 0) is 6.54 Å². The zero-order valence-corrected chi connectivity index (χ0v) is 17.5. The van der Waals surface area contributed by atoms with Gasteiger partial charge in [0.15, 0.2) is 0 Å². The lowest BCUT2D eigenvalue weighted by Gasteiger charge is -2.42. The quantitative estimate of drug-likeness (QED) is 0.627. The molecule has 1 aromatic heterocycles. The van der Waals surface area contributed by atoms with E-state index in [0.29, 0.717) is 11.3 Å². The van der Waals surface area contributed by atoms with E-state index in [0.717, 1.165) is 41.6 Å². The molecule has 2 aliphatic rings. The molecule has 0 bridgehead atoms. The molecule has 3 aromatic rings. The van der Waals surface area contributed by atoms with Gasteiger partial charge in [-0.15, -0.1) is 0 Å². The summed E-state index contributed by atoms with van der Waals surface area (Å²) in [5, 5.41) is 0.633. The first-order chi connectivity index (χ1) is 14.6. The standard InChI is InChI=1S/C25H28FN3O/c1-17-27-24-12-9-20(19-7-10-21(26)11-8-19)14-23(24)25(30)29(17)16-18-4-3-13-28(15-18)22-5-2-6-22/h7-12,14,18,22H,2-6,13,15-16H2,1H3/t18-/m0/s1. The number of hydrogen-bond acceptors (Lipinski definition) is 3. The van der Waals surface area contributed by atoms with Crippen LogP contribution < -0.4 is 5.56 Å². The van der Waals surface area contributed by atoms with Gasteiger partial charge in [-0.05, 0) is 80.5 Å². The number of aromatic nitrogens is 2. The maximum Gasteiger partial charge on any atom is 0.261 e. The van der Waals surface area contributed by atoms with Crippen molar-refractivity contribution in [2.24, 2.45) is 5.92 Å². The molecular formula is C25H28FN3O. The molecule has 1 saturated carbocycles. The minimum Gasteiger partial charge on any atom is -0.300 e. The van der Waals surface area contributed by atoms with Gasteiger partial charge < -0.3 is 4.90 Å². The van der Waals surface area contributed by atoms with E-state index in [4.69, 9.17) is 4.98 Å². The molecule has 30 heavy (non-hydrogen) atoms. The fourth-order valence-corrected chi connectivity index (χ4v) is 4.96. The fraction of sp³-hybridized carbons (Fsp3) is 0.440. The number of fused-ring (bicyclic) bond motifs is 1. The molecular weight excluding hydrogens is 377 g/mol. The SMILES string of the molecule is Cc1nc2ccc(-c3ccc(F)cc3)cc2c(=O)n1C[C@H]1CCCN(C2CCC2)C1. The molecule has 0 spiro atoms. The lowest BCUT2D eigenvalue weighted by molar-refractivity contribution is 0.0713. The Labute approximate surface area is 176 Å². The molecule has 5 heteroatoms. The Balaban J connectivity index is 1.45. The second-order valence-corrected chi connectivity index (χ2v) is 8.90. The summed E-state index contributed by atoms with van der Waals surface area (Å²) in [6, 6.07) is 12.9. The van der Waals surface area contributed by atoms with Gasteiger partial charge in [0.05, 0.1) is 10.9 Å². The van der Waals surface area contributed by atoms with Crippen molar-refractivity contribution in [2.45, 2.75) is 51.6 Å². The van der Waals surface area contributed by atoms with Crippen LogP contribution in [0.3, 0.4) is 0 Å². The van der Waals surface area contributed by atoms with Crippen molar-refractivity contribution in [3.05, 3.63) is 64.5 Å². The Morgan fingerprint density at radius 1 is 1.03 bits per heavy atom. The molecule has 2 heterocycles. The van der Waals surface area contributed by atoms with Gasteiger partial charge in [-0.25, -0.2) is 9.37 Å². The average Bonchev–Trinajstić information content (AvgIpc) is 2.71. The van der Waals surface area contributed by atoms with Gasteiger partial charge in [0, 0.05) is 19.1 Å². The monoisotopic (exact) mass is 405 g/mol. The predicted molar refractivity (Wildman–Crippen MR) is 118 cm³/mol. The van der Waals surface area contributed by atoms with E-state index in [-0.39, 0.29) is 11.4 Å². The van der Waals surface area contributed by atoms with E-state index < -0.39 is 0 Å². The van der Waals surface area contributed by atoms with Crippen molar-refractivity contribution in [3.63, 3.8) is 0 Å². The van der Waals surface area contributed by atoms with E-state index in [2.05, 4.69) is 4.90 Å². The van der Waals surface area contributed by atoms with Crippen molar-refractivity contribution in [3.8, 4) is 11.1 Å². The predicted octanol–water partition coefficient (Wildman–Crippen LogP) is 4.78. The molecule has 1 aliphatic carbocycles. The zero-order valence-electron chi connectivity index (χ0n) is 17.5. The highest BCUT2D eigenvalue weighted by atomic mass is 19.1. The van der Waals surface area contributed by atoms with Gasteiger partial charge in [-0.1, -0.05) is 24.6 Å².